The van der Waals surface area contributed by atoms with E-state index in [1.54, 1.807) is 0 Å². The van der Waals surface area contributed by atoms with Crippen molar-refractivity contribution in [2.75, 3.05) is 26.2 Å². The maximum Gasteiger partial charge on any atom is 0.254 e. The van der Waals surface area contributed by atoms with Gasteiger partial charge in [-0.3, -0.25) is 4.79 Å². The number of morpholine rings is 1. The predicted molar refractivity (Wildman–Crippen MR) is 121 cm³/mol. The fraction of sp³-hybridized carbons (Fsp3) is 0.346. The van der Waals surface area contributed by atoms with Crippen LogP contribution in [0.2, 0.25) is 0 Å². The lowest BCUT2D eigenvalue weighted by atomic mass is 9.95. The average molecular weight is 401 g/mol. The van der Waals surface area contributed by atoms with Crippen LogP contribution in [0.1, 0.15) is 29.3 Å². The van der Waals surface area contributed by atoms with E-state index in [0.717, 1.165) is 36.9 Å². The molecular weight excluding hydrogens is 372 g/mol. The van der Waals surface area contributed by atoms with Crippen molar-refractivity contribution in [3.8, 4) is 11.1 Å². The van der Waals surface area contributed by atoms with Crippen LogP contribution in [-0.4, -0.2) is 49.2 Å². The molecule has 30 heavy (non-hydrogen) atoms. The number of carbonyl (C=O) groups excluding carboxylic acids is 1. The van der Waals surface area contributed by atoms with Crippen LogP contribution in [0.3, 0.4) is 0 Å². The van der Waals surface area contributed by atoms with E-state index in [1.165, 1.54) is 22.1 Å². The number of ether oxygens (including phenoxy) is 1. The number of rotatable bonds is 4. The van der Waals surface area contributed by atoms with E-state index in [1.807, 2.05) is 17.0 Å². The normalized spacial score (nSPS) is 21.0. The van der Waals surface area contributed by atoms with Crippen LogP contribution in [0.4, 0.5) is 0 Å². The van der Waals surface area contributed by atoms with Gasteiger partial charge in [0, 0.05) is 25.2 Å². The highest BCUT2D eigenvalue weighted by molar-refractivity contribution is 6.02. The lowest BCUT2D eigenvalue weighted by Crippen LogP contribution is -2.47. The fourth-order valence-electron chi connectivity index (χ4n) is 4.75. The number of hydrogen-bond acceptors (Lipinski definition) is 3. The molecule has 154 valence electrons. The zero-order chi connectivity index (χ0) is 20.5. The van der Waals surface area contributed by atoms with Crippen molar-refractivity contribution in [1.82, 2.24) is 10.2 Å². The maximum atomic E-state index is 13.1. The summed E-state index contributed by atoms with van der Waals surface area (Å²) in [7, 11) is 0. The third-order valence-corrected chi connectivity index (χ3v) is 6.32. The number of aryl methyl sites for hydroxylation is 1. The first kappa shape index (κ1) is 19.3. The number of nitrogens with one attached hydrogen (secondary N) is 1. The molecule has 5 rings (SSSR count). The summed E-state index contributed by atoms with van der Waals surface area (Å²) in [6.07, 6.45) is 2.39. The van der Waals surface area contributed by atoms with Gasteiger partial charge in [0.05, 0.1) is 18.8 Å². The molecule has 2 heterocycles. The van der Waals surface area contributed by atoms with Crippen LogP contribution in [0.5, 0.6) is 0 Å². The van der Waals surface area contributed by atoms with Gasteiger partial charge in [0.15, 0.2) is 0 Å². The second-order valence-corrected chi connectivity index (χ2v) is 8.37. The lowest BCUT2D eigenvalue weighted by Gasteiger charge is -2.25. The molecule has 0 spiro atoms. The Morgan fingerprint density at radius 2 is 1.97 bits per heavy atom. The molecule has 2 aliphatic heterocycles. The molecule has 2 aliphatic rings. The minimum atomic E-state index is 0.0889. The summed E-state index contributed by atoms with van der Waals surface area (Å²) in [4.78, 5) is 15.1. The van der Waals surface area contributed by atoms with Gasteiger partial charge in [0.25, 0.3) is 5.91 Å². The van der Waals surface area contributed by atoms with Gasteiger partial charge in [-0.2, -0.15) is 0 Å². The molecule has 1 amide bonds. The summed E-state index contributed by atoms with van der Waals surface area (Å²) in [5.41, 5.74) is 4.54. The van der Waals surface area contributed by atoms with Gasteiger partial charge in [0.2, 0.25) is 0 Å². The Bertz CT molecular complexity index is 1050. The SMILES string of the molecule is CCCc1ccc(-c2cccc3cc(C(=O)N4C[C@@H]5NCCO[C@H]5C4)ccc23)cc1. The van der Waals surface area contributed by atoms with Crippen LogP contribution in [0.25, 0.3) is 21.9 Å². The second-order valence-electron chi connectivity index (χ2n) is 8.37. The monoisotopic (exact) mass is 400 g/mol. The Balaban J connectivity index is 1.42. The first-order valence-corrected chi connectivity index (χ1v) is 11.0. The van der Waals surface area contributed by atoms with Crippen LogP contribution < -0.4 is 5.32 Å². The van der Waals surface area contributed by atoms with E-state index in [0.29, 0.717) is 13.1 Å². The third-order valence-electron chi connectivity index (χ3n) is 6.32. The molecule has 0 radical (unpaired) electrons. The van der Waals surface area contributed by atoms with Gasteiger partial charge in [-0.25, -0.2) is 0 Å². The molecule has 2 saturated heterocycles. The zero-order valence-electron chi connectivity index (χ0n) is 17.4. The molecule has 3 aromatic carbocycles. The van der Waals surface area contributed by atoms with Crippen LogP contribution >= 0.6 is 0 Å². The number of hydrogen-bond donors (Lipinski definition) is 1. The van der Waals surface area contributed by atoms with Crippen molar-refractivity contribution in [2.24, 2.45) is 0 Å². The summed E-state index contributed by atoms with van der Waals surface area (Å²) in [6, 6.07) is 21.5. The van der Waals surface area contributed by atoms with E-state index in [-0.39, 0.29) is 18.1 Å². The molecule has 0 unspecified atom stereocenters. The molecule has 2 fully saturated rings. The Morgan fingerprint density at radius 1 is 1.10 bits per heavy atom. The van der Waals surface area contributed by atoms with Crippen molar-refractivity contribution in [1.29, 1.82) is 0 Å². The Morgan fingerprint density at radius 3 is 2.77 bits per heavy atom. The number of likely N-dealkylation sites (tertiary alicyclic amines) is 1. The summed E-state index contributed by atoms with van der Waals surface area (Å²) >= 11 is 0. The minimum absolute atomic E-state index is 0.0889. The number of amides is 1. The van der Waals surface area contributed by atoms with Gasteiger partial charge in [-0.05, 0) is 46.0 Å². The predicted octanol–water partition coefficient (Wildman–Crippen LogP) is 4.27. The Labute approximate surface area is 177 Å². The highest BCUT2D eigenvalue weighted by atomic mass is 16.5. The number of fused-ring (bicyclic) bond motifs is 2. The van der Waals surface area contributed by atoms with Crippen molar-refractivity contribution in [3.63, 3.8) is 0 Å². The van der Waals surface area contributed by atoms with Crippen molar-refractivity contribution in [2.45, 2.75) is 31.9 Å². The summed E-state index contributed by atoms with van der Waals surface area (Å²) in [5.74, 6) is 0.0889. The molecule has 3 aromatic rings. The second kappa shape index (κ2) is 8.21. The first-order valence-electron chi connectivity index (χ1n) is 11.0. The molecule has 1 N–H and O–H groups in total. The number of nitrogens with zero attached hydrogens (tertiary/aromatic N) is 1. The Kier molecular flexibility index (Phi) is 5.28. The van der Waals surface area contributed by atoms with E-state index in [2.05, 4.69) is 60.8 Å². The summed E-state index contributed by atoms with van der Waals surface area (Å²) in [5, 5.41) is 5.74. The molecule has 4 heteroatoms. The molecule has 0 saturated carbocycles. The number of carbonyl (C=O) groups is 1. The van der Waals surface area contributed by atoms with Crippen LogP contribution in [0, 0.1) is 0 Å². The molecule has 2 atom stereocenters. The highest BCUT2D eigenvalue weighted by Gasteiger charge is 2.37. The topological polar surface area (TPSA) is 41.6 Å². The van der Waals surface area contributed by atoms with Gasteiger partial charge < -0.3 is 15.0 Å². The zero-order valence-corrected chi connectivity index (χ0v) is 17.4. The average Bonchev–Trinajstić information content (AvgIpc) is 3.23. The van der Waals surface area contributed by atoms with Gasteiger partial charge in [-0.15, -0.1) is 0 Å². The summed E-state index contributed by atoms with van der Waals surface area (Å²) < 4.78 is 5.82. The van der Waals surface area contributed by atoms with Crippen molar-refractivity contribution < 1.29 is 9.53 Å². The molecule has 4 nitrogen and oxygen atoms in total. The quantitative estimate of drug-likeness (QED) is 0.711. The van der Waals surface area contributed by atoms with Crippen LogP contribution in [0.15, 0.2) is 60.7 Å². The Hall–Kier alpha value is -2.69. The van der Waals surface area contributed by atoms with E-state index in [4.69, 9.17) is 4.74 Å². The highest BCUT2D eigenvalue weighted by Crippen LogP contribution is 2.30. The standard InChI is InChI=1S/C26H28N2O2/c1-2-4-18-7-9-19(10-8-18)22-6-3-5-20-15-21(11-12-23(20)22)26(29)28-16-24-25(17-28)30-14-13-27-24/h3,5-12,15,24-25,27H,2,4,13-14,16-17H2,1H3/t24-,25-/m0/s1. The van der Waals surface area contributed by atoms with Gasteiger partial charge in [-0.1, -0.05) is 61.9 Å². The van der Waals surface area contributed by atoms with Gasteiger partial charge in [0.1, 0.15) is 0 Å². The van der Waals surface area contributed by atoms with E-state index < -0.39 is 0 Å². The molecular formula is C26H28N2O2. The fourth-order valence-corrected chi connectivity index (χ4v) is 4.75. The smallest absolute Gasteiger partial charge is 0.254 e. The lowest BCUT2D eigenvalue weighted by molar-refractivity contribution is 0.0176. The van der Waals surface area contributed by atoms with Crippen molar-refractivity contribution >= 4 is 16.7 Å². The molecule has 0 bridgehead atoms. The van der Waals surface area contributed by atoms with Crippen LogP contribution in [-0.2, 0) is 11.2 Å². The van der Waals surface area contributed by atoms with Crippen molar-refractivity contribution in [3.05, 3.63) is 71.8 Å². The van der Waals surface area contributed by atoms with E-state index in [9.17, 15) is 4.79 Å². The molecule has 0 aromatic heterocycles. The summed E-state index contributed by atoms with van der Waals surface area (Å²) in [6.45, 7) is 5.17. The molecule has 0 aliphatic carbocycles. The van der Waals surface area contributed by atoms with Gasteiger partial charge >= 0.3 is 0 Å². The minimum Gasteiger partial charge on any atom is -0.373 e. The first-order chi connectivity index (χ1) is 14.7. The third kappa shape index (κ3) is 3.62. The number of benzene rings is 3. The van der Waals surface area contributed by atoms with E-state index >= 15 is 0 Å². The maximum absolute atomic E-state index is 13.1. The largest absolute Gasteiger partial charge is 0.373 e.